The van der Waals surface area contributed by atoms with Crippen LogP contribution >= 0.6 is 27.3 Å². The number of carboxylic acids is 1. The molecule has 1 aromatic heterocycles. The van der Waals surface area contributed by atoms with Crippen molar-refractivity contribution in [3.63, 3.8) is 0 Å². The summed E-state index contributed by atoms with van der Waals surface area (Å²) in [5.74, 6) is -0.773. The predicted octanol–water partition coefficient (Wildman–Crippen LogP) is 2.96. The summed E-state index contributed by atoms with van der Waals surface area (Å²) in [6.07, 6.45) is 0.728. The lowest BCUT2D eigenvalue weighted by Gasteiger charge is -2.25. The maximum Gasteiger partial charge on any atom is 0.303 e. The Morgan fingerprint density at radius 2 is 2.40 bits per heavy atom. The second kappa shape index (κ2) is 4.94. The van der Waals surface area contributed by atoms with Gasteiger partial charge in [-0.1, -0.05) is 0 Å². The second-order valence-corrected chi connectivity index (χ2v) is 5.55. The number of hydrogen-bond acceptors (Lipinski definition) is 4. The molecule has 0 aliphatic carbocycles. The van der Waals surface area contributed by atoms with E-state index in [1.54, 1.807) is 0 Å². The Hall–Kier alpha value is -0.620. The minimum absolute atomic E-state index is 0.159. The Kier molecular flexibility index (Phi) is 4.10. The molecule has 15 heavy (non-hydrogen) atoms. The standard InChI is InChI=1S/C9H13BrN2O2S/c1-9(2,4-3-7(13)14)12-8-11-6(10)5-15-8/h5H,3-4H2,1-2H3,(H,11,12)(H,13,14). The number of nitrogens with one attached hydrogen (secondary N) is 1. The summed E-state index contributed by atoms with van der Waals surface area (Å²) in [6, 6.07) is 0. The molecule has 2 N–H and O–H groups in total. The van der Waals surface area contributed by atoms with E-state index in [-0.39, 0.29) is 12.0 Å². The van der Waals surface area contributed by atoms with Crippen LogP contribution in [0, 0.1) is 0 Å². The maximum atomic E-state index is 10.5. The highest BCUT2D eigenvalue weighted by Crippen LogP contribution is 2.24. The van der Waals surface area contributed by atoms with Gasteiger partial charge in [-0.05, 0) is 36.2 Å². The van der Waals surface area contributed by atoms with E-state index in [0.29, 0.717) is 6.42 Å². The van der Waals surface area contributed by atoms with Gasteiger partial charge in [0.05, 0.1) is 0 Å². The minimum Gasteiger partial charge on any atom is -0.481 e. The van der Waals surface area contributed by atoms with Gasteiger partial charge in [0.25, 0.3) is 0 Å². The Morgan fingerprint density at radius 1 is 1.73 bits per heavy atom. The molecule has 0 amide bonds. The highest BCUT2D eigenvalue weighted by atomic mass is 79.9. The largest absolute Gasteiger partial charge is 0.481 e. The molecule has 84 valence electrons. The molecule has 0 bridgehead atoms. The molecule has 1 heterocycles. The van der Waals surface area contributed by atoms with Crippen LogP contribution in [0.2, 0.25) is 0 Å². The van der Waals surface area contributed by atoms with Crippen molar-refractivity contribution < 1.29 is 9.90 Å². The molecule has 6 heteroatoms. The fourth-order valence-electron chi connectivity index (χ4n) is 1.08. The Morgan fingerprint density at radius 3 is 2.87 bits per heavy atom. The van der Waals surface area contributed by atoms with Crippen LogP contribution in [0.5, 0.6) is 0 Å². The number of rotatable bonds is 5. The lowest BCUT2D eigenvalue weighted by atomic mass is 9.99. The number of hydrogen-bond donors (Lipinski definition) is 2. The molecular weight excluding hydrogens is 280 g/mol. The van der Waals surface area contributed by atoms with E-state index >= 15 is 0 Å². The van der Waals surface area contributed by atoms with Crippen molar-refractivity contribution >= 4 is 38.4 Å². The summed E-state index contributed by atoms with van der Waals surface area (Å²) >= 11 is 4.76. The third kappa shape index (κ3) is 4.61. The van der Waals surface area contributed by atoms with Gasteiger partial charge in [0.15, 0.2) is 5.13 Å². The Labute approximate surface area is 101 Å². The topological polar surface area (TPSA) is 62.2 Å². The third-order valence-electron chi connectivity index (χ3n) is 1.89. The number of halogens is 1. The first-order chi connectivity index (χ1) is 6.89. The van der Waals surface area contributed by atoms with E-state index in [9.17, 15) is 4.79 Å². The van der Waals surface area contributed by atoms with Crippen molar-refractivity contribution in [3.05, 3.63) is 9.98 Å². The normalized spacial score (nSPS) is 11.4. The molecule has 0 spiro atoms. The molecule has 0 radical (unpaired) electrons. The molecule has 0 unspecified atom stereocenters. The van der Waals surface area contributed by atoms with Gasteiger partial charge in [-0.25, -0.2) is 4.98 Å². The van der Waals surface area contributed by atoms with Crippen LogP contribution in [0.3, 0.4) is 0 Å². The number of nitrogens with zero attached hydrogens (tertiary/aromatic N) is 1. The summed E-state index contributed by atoms with van der Waals surface area (Å²) in [5.41, 5.74) is -0.254. The van der Waals surface area contributed by atoms with E-state index in [2.05, 4.69) is 26.2 Å². The van der Waals surface area contributed by atoms with Crippen LogP contribution in [-0.4, -0.2) is 21.6 Å². The van der Waals surface area contributed by atoms with Crippen molar-refractivity contribution in [1.82, 2.24) is 4.98 Å². The van der Waals surface area contributed by atoms with Crippen LogP contribution < -0.4 is 5.32 Å². The molecule has 0 saturated heterocycles. The second-order valence-electron chi connectivity index (χ2n) is 3.88. The smallest absolute Gasteiger partial charge is 0.303 e. The molecule has 0 aromatic carbocycles. The fourth-order valence-corrected chi connectivity index (χ4v) is 2.41. The Bertz CT molecular complexity index is 352. The van der Waals surface area contributed by atoms with Crippen LogP contribution in [-0.2, 0) is 4.79 Å². The van der Waals surface area contributed by atoms with Crippen LogP contribution in [0.15, 0.2) is 9.98 Å². The average molecular weight is 293 g/mol. The van der Waals surface area contributed by atoms with Crippen LogP contribution in [0.1, 0.15) is 26.7 Å². The number of carboxylic acid groups (broad SMARTS) is 1. The minimum atomic E-state index is -0.773. The van der Waals surface area contributed by atoms with Gasteiger partial charge in [0, 0.05) is 17.3 Å². The number of aromatic nitrogens is 1. The van der Waals surface area contributed by atoms with Gasteiger partial charge in [-0.15, -0.1) is 11.3 Å². The van der Waals surface area contributed by atoms with E-state index in [0.717, 1.165) is 9.73 Å². The zero-order valence-corrected chi connectivity index (χ0v) is 11.0. The third-order valence-corrected chi connectivity index (χ3v) is 3.35. The molecule has 4 nitrogen and oxygen atoms in total. The highest BCUT2D eigenvalue weighted by Gasteiger charge is 2.19. The number of carbonyl (C=O) groups is 1. The molecule has 1 rings (SSSR count). The first-order valence-corrected chi connectivity index (χ1v) is 6.17. The summed E-state index contributed by atoms with van der Waals surface area (Å²) in [4.78, 5) is 14.7. The van der Waals surface area contributed by atoms with Crippen molar-refractivity contribution in [3.8, 4) is 0 Å². The lowest BCUT2D eigenvalue weighted by Crippen LogP contribution is -2.31. The quantitative estimate of drug-likeness (QED) is 0.876. The predicted molar refractivity (Wildman–Crippen MR) is 64.4 cm³/mol. The van der Waals surface area contributed by atoms with Gasteiger partial charge in [0.2, 0.25) is 0 Å². The van der Waals surface area contributed by atoms with Gasteiger partial charge in [-0.2, -0.15) is 0 Å². The van der Waals surface area contributed by atoms with E-state index in [4.69, 9.17) is 5.11 Å². The maximum absolute atomic E-state index is 10.5. The zero-order valence-electron chi connectivity index (χ0n) is 8.58. The van der Waals surface area contributed by atoms with E-state index in [1.165, 1.54) is 11.3 Å². The average Bonchev–Trinajstić information content (AvgIpc) is 2.47. The number of anilines is 1. The lowest BCUT2D eigenvalue weighted by molar-refractivity contribution is -0.137. The van der Waals surface area contributed by atoms with Gasteiger partial charge >= 0.3 is 5.97 Å². The summed E-state index contributed by atoms with van der Waals surface area (Å²) in [7, 11) is 0. The van der Waals surface area contributed by atoms with Crippen molar-refractivity contribution in [2.24, 2.45) is 0 Å². The summed E-state index contributed by atoms with van der Waals surface area (Å²) < 4.78 is 0.795. The van der Waals surface area contributed by atoms with Crippen molar-refractivity contribution in [2.75, 3.05) is 5.32 Å². The summed E-state index contributed by atoms with van der Waals surface area (Å²) in [5, 5.41) is 14.5. The summed E-state index contributed by atoms with van der Waals surface area (Å²) in [6.45, 7) is 3.93. The van der Waals surface area contributed by atoms with Gasteiger partial charge < -0.3 is 10.4 Å². The van der Waals surface area contributed by atoms with Crippen LogP contribution in [0.25, 0.3) is 0 Å². The molecule has 0 aliphatic heterocycles. The highest BCUT2D eigenvalue weighted by molar-refractivity contribution is 9.10. The monoisotopic (exact) mass is 292 g/mol. The van der Waals surface area contributed by atoms with Crippen molar-refractivity contribution in [1.29, 1.82) is 0 Å². The van der Waals surface area contributed by atoms with Crippen LogP contribution in [0.4, 0.5) is 5.13 Å². The first kappa shape index (κ1) is 12.4. The molecular formula is C9H13BrN2O2S. The van der Waals surface area contributed by atoms with Gasteiger partial charge in [0.1, 0.15) is 4.60 Å². The van der Waals surface area contributed by atoms with Crippen molar-refractivity contribution in [2.45, 2.75) is 32.2 Å². The fraction of sp³-hybridized carbons (Fsp3) is 0.556. The number of aliphatic carboxylic acids is 1. The molecule has 0 aliphatic rings. The molecule has 0 atom stereocenters. The number of thiazole rings is 1. The molecule has 0 fully saturated rings. The van der Waals surface area contributed by atoms with Gasteiger partial charge in [-0.3, -0.25) is 4.79 Å². The molecule has 1 aromatic rings. The zero-order chi connectivity index (χ0) is 11.5. The Balaban J connectivity index is 2.52. The van der Waals surface area contributed by atoms with E-state index in [1.807, 2.05) is 19.2 Å². The first-order valence-electron chi connectivity index (χ1n) is 4.50. The van der Waals surface area contributed by atoms with E-state index < -0.39 is 5.97 Å². The molecule has 0 saturated carbocycles. The SMILES string of the molecule is CC(C)(CCC(=O)O)Nc1nc(Br)cs1.